The van der Waals surface area contributed by atoms with E-state index in [0.29, 0.717) is 6.08 Å². The topological polar surface area (TPSA) is 47.6 Å². The molecule has 0 aliphatic heterocycles. The highest BCUT2D eigenvalue weighted by Gasteiger charge is 2.34. The van der Waals surface area contributed by atoms with Crippen LogP contribution in [0.25, 0.3) is 6.08 Å². The molecule has 92 valence electrons. The minimum Gasteiger partial charge on any atom is -0.206 e. The smallest absolute Gasteiger partial charge is 0.206 e. The van der Waals surface area contributed by atoms with Gasteiger partial charge in [0.05, 0.1) is 5.56 Å². The summed E-state index contributed by atoms with van der Waals surface area (Å²) in [5, 5.41) is 16.8. The van der Waals surface area contributed by atoms with Crippen molar-refractivity contribution < 1.29 is 22.0 Å². The van der Waals surface area contributed by atoms with Crippen LogP contribution in [0.2, 0.25) is 0 Å². The molecule has 1 aromatic carbocycles. The molecular weight excluding hydrogens is 255 g/mol. The van der Waals surface area contributed by atoms with Crippen LogP contribution in [0.4, 0.5) is 22.0 Å². The van der Waals surface area contributed by atoms with Gasteiger partial charge in [-0.25, -0.2) is 8.78 Å². The Kier molecular flexibility index (Phi) is 3.67. The minimum absolute atomic E-state index is 0.0566. The first-order valence-corrected chi connectivity index (χ1v) is 4.37. The first kappa shape index (κ1) is 13.7. The number of hydrogen-bond acceptors (Lipinski definition) is 2. The summed E-state index contributed by atoms with van der Waals surface area (Å²) in [7, 11) is 0. The molecule has 0 aliphatic carbocycles. The number of alkyl halides is 3. The zero-order valence-corrected chi connectivity index (χ0v) is 8.52. The van der Waals surface area contributed by atoms with Gasteiger partial charge in [0.1, 0.15) is 29.3 Å². The fourth-order valence-electron chi connectivity index (χ4n) is 1.14. The van der Waals surface area contributed by atoms with Crippen molar-refractivity contribution in [2.24, 2.45) is 0 Å². The van der Waals surface area contributed by atoms with Gasteiger partial charge in [-0.3, -0.25) is 0 Å². The van der Waals surface area contributed by atoms with E-state index >= 15 is 0 Å². The quantitative estimate of drug-likeness (QED) is 0.572. The number of hydrogen-bond donors (Lipinski definition) is 0. The molecule has 2 nitrogen and oxygen atoms in total. The molecule has 0 atom stereocenters. The summed E-state index contributed by atoms with van der Waals surface area (Å²) in [4.78, 5) is 0. The maximum Gasteiger partial charge on any atom is 0.419 e. The van der Waals surface area contributed by atoms with Gasteiger partial charge in [0.15, 0.2) is 0 Å². The van der Waals surface area contributed by atoms with Crippen LogP contribution in [-0.2, 0) is 6.18 Å². The molecule has 18 heavy (non-hydrogen) atoms. The fourth-order valence-corrected chi connectivity index (χ4v) is 1.14. The second kappa shape index (κ2) is 4.84. The van der Waals surface area contributed by atoms with Gasteiger partial charge >= 0.3 is 6.18 Å². The average Bonchev–Trinajstić information content (AvgIpc) is 2.26. The molecule has 1 aromatic rings. The summed E-state index contributed by atoms with van der Waals surface area (Å²) < 4.78 is 63.1. The molecule has 0 amide bonds. The third kappa shape index (κ3) is 2.83. The van der Waals surface area contributed by atoms with Crippen LogP contribution in [0, 0.1) is 34.3 Å². The Morgan fingerprint density at radius 3 is 2.06 bits per heavy atom. The predicted molar refractivity (Wildman–Crippen MR) is 50.6 cm³/mol. The van der Waals surface area contributed by atoms with Crippen LogP contribution in [0.1, 0.15) is 11.1 Å². The van der Waals surface area contributed by atoms with Crippen molar-refractivity contribution in [3.8, 4) is 12.1 Å². The lowest BCUT2D eigenvalue weighted by Crippen LogP contribution is -2.09. The van der Waals surface area contributed by atoms with E-state index in [9.17, 15) is 22.0 Å². The van der Waals surface area contributed by atoms with Gasteiger partial charge in [-0.15, -0.1) is 0 Å². The molecule has 0 saturated heterocycles. The van der Waals surface area contributed by atoms with Crippen molar-refractivity contribution in [3.63, 3.8) is 0 Å². The van der Waals surface area contributed by atoms with E-state index in [-0.39, 0.29) is 12.1 Å². The number of nitriles is 2. The molecule has 7 heteroatoms. The molecule has 0 aromatic heterocycles. The van der Waals surface area contributed by atoms with Gasteiger partial charge in [-0.05, 0) is 12.1 Å². The Bertz CT molecular complexity index is 571. The lowest BCUT2D eigenvalue weighted by molar-refractivity contribution is -0.140. The second-order valence-corrected chi connectivity index (χ2v) is 3.13. The van der Waals surface area contributed by atoms with Crippen molar-refractivity contribution in [3.05, 3.63) is 40.5 Å². The van der Waals surface area contributed by atoms with Crippen LogP contribution in [0.5, 0.6) is 0 Å². The summed E-state index contributed by atoms with van der Waals surface area (Å²) >= 11 is 0. The van der Waals surface area contributed by atoms with Crippen LogP contribution >= 0.6 is 0 Å². The normalized spacial score (nSPS) is 10.4. The summed E-state index contributed by atoms with van der Waals surface area (Å²) in [5.41, 5.74) is -2.93. The van der Waals surface area contributed by atoms with Crippen molar-refractivity contribution >= 4 is 6.08 Å². The first-order chi connectivity index (χ1) is 8.29. The van der Waals surface area contributed by atoms with E-state index in [2.05, 4.69) is 0 Å². The van der Waals surface area contributed by atoms with Gasteiger partial charge in [-0.1, -0.05) is 0 Å². The molecule has 0 unspecified atom stereocenters. The Morgan fingerprint density at radius 1 is 1.06 bits per heavy atom. The maximum atomic E-state index is 13.2. The second-order valence-electron chi connectivity index (χ2n) is 3.13. The molecule has 0 N–H and O–H groups in total. The van der Waals surface area contributed by atoms with E-state index in [4.69, 9.17) is 10.5 Å². The van der Waals surface area contributed by atoms with Gasteiger partial charge in [0, 0.05) is 11.6 Å². The van der Waals surface area contributed by atoms with E-state index in [1.807, 2.05) is 0 Å². The third-order valence-corrected chi connectivity index (χ3v) is 1.93. The van der Waals surface area contributed by atoms with E-state index in [1.165, 1.54) is 12.1 Å². The highest BCUT2D eigenvalue weighted by atomic mass is 19.4. The fraction of sp³-hybridized carbons (Fsp3) is 0.0909. The number of rotatable bonds is 1. The molecule has 0 radical (unpaired) electrons. The first-order valence-electron chi connectivity index (χ1n) is 4.37. The van der Waals surface area contributed by atoms with E-state index < -0.39 is 34.5 Å². The lowest BCUT2D eigenvalue weighted by atomic mass is 10.1. The number of nitrogens with zero attached hydrogens (tertiary/aromatic N) is 2. The lowest BCUT2D eigenvalue weighted by Gasteiger charge is -2.09. The Labute approximate surface area is 98.2 Å². The van der Waals surface area contributed by atoms with Crippen molar-refractivity contribution in [1.29, 1.82) is 10.5 Å². The number of allylic oxidation sites excluding steroid dienone is 1. The molecule has 0 saturated carbocycles. The minimum atomic E-state index is -4.99. The summed E-state index contributed by atoms with van der Waals surface area (Å²) in [6.07, 6.45) is -4.37. The Balaban J connectivity index is 3.46. The van der Waals surface area contributed by atoms with Gasteiger partial charge in [0.2, 0.25) is 0 Å². The van der Waals surface area contributed by atoms with Gasteiger partial charge in [0.25, 0.3) is 0 Å². The SMILES string of the molecule is N#CC(C#N)=Cc1cc(C(F)(F)F)c(F)cc1F. The molecule has 0 bridgehead atoms. The van der Waals surface area contributed by atoms with Gasteiger partial charge in [-0.2, -0.15) is 23.7 Å². The molecule has 1 rings (SSSR count). The Hall–Kier alpha value is -2.41. The monoisotopic (exact) mass is 258 g/mol. The van der Waals surface area contributed by atoms with Crippen LogP contribution in [0.3, 0.4) is 0 Å². The number of benzene rings is 1. The molecular formula is C11H3F5N2. The van der Waals surface area contributed by atoms with Gasteiger partial charge < -0.3 is 0 Å². The highest BCUT2D eigenvalue weighted by molar-refractivity contribution is 5.63. The van der Waals surface area contributed by atoms with E-state index in [1.54, 1.807) is 0 Å². The molecule has 0 heterocycles. The summed E-state index contributed by atoms with van der Waals surface area (Å²) in [5.74, 6) is -3.05. The summed E-state index contributed by atoms with van der Waals surface area (Å²) in [6.45, 7) is 0. The molecule has 0 fully saturated rings. The molecule has 0 spiro atoms. The zero-order valence-electron chi connectivity index (χ0n) is 8.52. The van der Waals surface area contributed by atoms with E-state index in [0.717, 1.165) is 0 Å². The average molecular weight is 258 g/mol. The summed E-state index contributed by atoms with van der Waals surface area (Å²) in [6, 6.07) is 2.98. The van der Waals surface area contributed by atoms with Crippen molar-refractivity contribution in [2.45, 2.75) is 6.18 Å². The Morgan fingerprint density at radius 2 is 1.61 bits per heavy atom. The van der Waals surface area contributed by atoms with Crippen LogP contribution in [0.15, 0.2) is 17.7 Å². The standard InChI is InChI=1S/C11H3F5N2/c12-9-3-10(13)8(11(14,15)16)2-7(9)1-6(4-17)5-18/h1-3H. The zero-order chi connectivity index (χ0) is 13.9. The number of halogens is 5. The van der Waals surface area contributed by atoms with Crippen molar-refractivity contribution in [1.82, 2.24) is 0 Å². The van der Waals surface area contributed by atoms with Crippen LogP contribution in [-0.4, -0.2) is 0 Å². The predicted octanol–water partition coefficient (Wildman–Crippen LogP) is 3.41. The maximum absolute atomic E-state index is 13.2. The highest BCUT2D eigenvalue weighted by Crippen LogP contribution is 2.33. The van der Waals surface area contributed by atoms with Crippen molar-refractivity contribution in [2.75, 3.05) is 0 Å². The third-order valence-electron chi connectivity index (χ3n) is 1.93. The van der Waals surface area contributed by atoms with Crippen LogP contribution < -0.4 is 0 Å². The molecule has 0 aliphatic rings. The largest absolute Gasteiger partial charge is 0.419 e.